The number of ether oxygens (including phenoxy) is 1. The van der Waals surface area contributed by atoms with Gasteiger partial charge in [-0.15, -0.1) is 0 Å². The van der Waals surface area contributed by atoms with E-state index in [9.17, 15) is 13.2 Å². The number of sulfone groups is 1. The third kappa shape index (κ3) is 2.28. The van der Waals surface area contributed by atoms with Crippen LogP contribution in [0.2, 0.25) is 0 Å². The van der Waals surface area contributed by atoms with E-state index in [1.54, 1.807) is 24.3 Å². The minimum absolute atomic E-state index is 0.0168. The van der Waals surface area contributed by atoms with E-state index >= 15 is 0 Å². The summed E-state index contributed by atoms with van der Waals surface area (Å²) >= 11 is 0. The van der Waals surface area contributed by atoms with Gasteiger partial charge < -0.3 is 10.5 Å². The molecule has 0 saturated carbocycles. The minimum Gasteiger partial charge on any atom is -0.465 e. The van der Waals surface area contributed by atoms with E-state index in [0.717, 1.165) is 10.8 Å². The maximum absolute atomic E-state index is 11.5. The monoisotopic (exact) mass is 265 g/mol. The van der Waals surface area contributed by atoms with E-state index in [4.69, 9.17) is 5.73 Å². The number of nitrogen functional groups attached to an aromatic ring is 1. The average molecular weight is 265 g/mol. The molecule has 2 N–H and O–H groups in total. The smallest absolute Gasteiger partial charge is 0.339 e. The number of carbonyl (C=O) groups is 1. The van der Waals surface area contributed by atoms with Crippen LogP contribution in [0.3, 0.4) is 0 Å². The molecule has 0 amide bonds. The molecule has 1 aromatic rings. The second kappa shape index (κ2) is 4.30. The lowest BCUT2D eigenvalue weighted by Crippen LogP contribution is -2.05. The van der Waals surface area contributed by atoms with Gasteiger partial charge in [0.25, 0.3) is 0 Å². The fourth-order valence-corrected chi connectivity index (χ4v) is 2.90. The molecule has 94 valence electrons. The van der Waals surface area contributed by atoms with E-state index in [0.29, 0.717) is 16.8 Å². The molecule has 6 heteroatoms. The van der Waals surface area contributed by atoms with E-state index in [1.165, 1.54) is 7.11 Å². The van der Waals surface area contributed by atoms with Gasteiger partial charge in [0.05, 0.1) is 18.1 Å². The number of benzene rings is 1. The van der Waals surface area contributed by atoms with E-state index in [-0.39, 0.29) is 5.57 Å². The molecular formula is C12H11NO4S. The van der Waals surface area contributed by atoms with Gasteiger partial charge in [0.2, 0.25) is 0 Å². The summed E-state index contributed by atoms with van der Waals surface area (Å²) in [4.78, 5) is 11.5. The standard InChI is InChI=1S/C12H11NO4S/c1-17-12(14)11-7-18(15,16)6-10(11)8-3-2-4-9(13)5-8/h2-7H,13H2,1H3. The van der Waals surface area contributed by atoms with Crippen molar-refractivity contribution in [2.75, 3.05) is 12.8 Å². The lowest BCUT2D eigenvalue weighted by molar-refractivity contribution is -0.135. The number of carbonyl (C=O) groups excluding carboxylic acids is 1. The molecule has 1 aliphatic heterocycles. The Labute approximate surface area is 104 Å². The number of nitrogens with two attached hydrogens (primary N) is 1. The molecule has 0 atom stereocenters. The molecule has 1 aliphatic rings. The summed E-state index contributed by atoms with van der Waals surface area (Å²) in [5, 5.41) is 1.94. The number of esters is 1. The zero-order valence-corrected chi connectivity index (χ0v) is 10.4. The van der Waals surface area contributed by atoms with Crippen molar-refractivity contribution in [1.82, 2.24) is 0 Å². The first-order chi connectivity index (χ1) is 8.43. The van der Waals surface area contributed by atoms with E-state index in [1.807, 2.05) is 0 Å². The largest absolute Gasteiger partial charge is 0.465 e. The van der Waals surface area contributed by atoms with Crippen LogP contribution < -0.4 is 5.73 Å². The number of hydrogen-bond donors (Lipinski definition) is 1. The Hall–Kier alpha value is -2.08. The first kappa shape index (κ1) is 12.4. The SMILES string of the molecule is COC(=O)C1=CS(=O)(=O)C=C1c1cccc(N)c1. The lowest BCUT2D eigenvalue weighted by atomic mass is 10.0. The van der Waals surface area contributed by atoms with Gasteiger partial charge in [0.15, 0.2) is 9.84 Å². The third-order valence-corrected chi connectivity index (χ3v) is 3.59. The van der Waals surface area contributed by atoms with Gasteiger partial charge in [-0.3, -0.25) is 0 Å². The Morgan fingerprint density at radius 1 is 1.28 bits per heavy atom. The highest BCUT2D eigenvalue weighted by atomic mass is 32.2. The molecule has 0 radical (unpaired) electrons. The van der Waals surface area contributed by atoms with Crippen molar-refractivity contribution >= 4 is 27.1 Å². The van der Waals surface area contributed by atoms with Gasteiger partial charge in [-0.05, 0) is 17.7 Å². The van der Waals surface area contributed by atoms with Crippen molar-refractivity contribution in [2.45, 2.75) is 0 Å². The van der Waals surface area contributed by atoms with Gasteiger partial charge >= 0.3 is 5.97 Å². The van der Waals surface area contributed by atoms with Gasteiger partial charge in [-0.1, -0.05) is 12.1 Å². The molecule has 0 bridgehead atoms. The molecular weight excluding hydrogens is 254 g/mol. The fraction of sp³-hybridized carbons (Fsp3) is 0.0833. The Morgan fingerprint density at radius 3 is 2.61 bits per heavy atom. The van der Waals surface area contributed by atoms with Gasteiger partial charge in [-0.25, -0.2) is 13.2 Å². The average Bonchev–Trinajstić information content (AvgIpc) is 2.64. The van der Waals surface area contributed by atoms with Crippen LogP contribution in [0.1, 0.15) is 5.56 Å². The highest BCUT2D eigenvalue weighted by Gasteiger charge is 2.27. The Balaban J connectivity index is 2.57. The summed E-state index contributed by atoms with van der Waals surface area (Å²) in [7, 11) is -2.33. The first-order valence-corrected chi connectivity index (χ1v) is 6.67. The highest BCUT2D eigenvalue weighted by molar-refractivity contribution is 7.97. The van der Waals surface area contributed by atoms with Gasteiger partial charge in [0.1, 0.15) is 0 Å². The molecule has 0 unspecified atom stereocenters. The van der Waals surface area contributed by atoms with Crippen molar-refractivity contribution in [3.05, 3.63) is 46.2 Å². The van der Waals surface area contributed by atoms with Crippen molar-refractivity contribution < 1.29 is 17.9 Å². The normalized spacial score (nSPS) is 16.9. The van der Waals surface area contributed by atoms with Crippen molar-refractivity contribution in [2.24, 2.45) is 0 Å². The topological polar surface area (TPSA) is 86.5 Å². The molecule has 0 spiro atoms. The van der Waals surface area contributed by atoms with Gasteiger partial charge in [-0.2, -0.15) is 0 Å². The lowest BCUT2D eigenvalue weighted by Gasteiger charge is -2.06. The predicted octanol–water partition coefficient (Wildman–Crippen LogP) is 1.09. The van der Waals surface area contributed by atoms with Crippen LogP contribution in [0.25, 0.3) is 5.57 Å². The molecule has 2 rings (SSSR count). The van der Waals surface area contributed by atoms with Crippen LogP contribution in [-0.2, 0) is 19.4 Å². The number of anilines is 1. The fourth-order valence-electron chi connectivity index (χ4n) is 1.69. The molecule has 0 aromatic heterocycles. The zero-order chi connectivity index (χ0) is 13.3. The Bertz CT molecular complexity index is 671. The second-order valence-corrected chi connectivity index (χ2v) is 5.42. The Morgan fingerprint density at radius 2 is 2.00 bits per heavy atom. The van der Waals surface area contributed by atoms with Crippen molar-refractivity contribution in [1.29, 1.82) is 0 Å². The number of rotatable bonds is 2. The summed E-state index contributed by atoms with van der Waals surface area (Å²) in [6.45, 7) is 0. The van der Waals surface area contributed by atoms with E-state index in [2.05, 4.69) is 4.74 Å². The summed E-state index contributed by atoms with van der Waals surface area (Å²) in [6.07, 6.45) is 0. The maximum atomic E-state index is 11.5. The predicted molar refractivity (Wildman–Crippen MR) is 67.9 cm³/mol. The van der Waals surface area contributed by atoms with Crippen LogP contribution in [0.4, 0.5) is 5.69 Å². The minimum atomic E-state index is -3.53. The molecule has 0 saturated heterocycles. The van der Waals surface area contributed by atoms with Crippen LogP contribution in [-0.4, -0.2) is 21.5 Å². The molecule has 0 fully saturated rings. The molecule has 5 nitrogen and oxygen atoms in total. The molecule has 18 heavy (non-hydrogen) atoms. The van der Waals surface area contributed by atoms with E-state index < -0.39 is 15.8 Å². The summed E-state index contributed by atoms with van der Waals surface area (Å²) in [5.74, 6) is -0.690. The maximum Gasteiger partial charge on any atom is 0.339 e. The Kier molecular flexibility index (Phi) is 2.96. The summed E-state index contributed by atoms with van der Waals surface area (Å²) in [6, 6.07) is 6.64. The second-order valence-electron chi connectivity index (χ2n) is 3.77. The quantitative estimate of drug-likeness (QED) is 0.639. The third-order valence-electron chi connectivity index (χ3n) is 2.46. The zero-order valence-electron chi connectivity index (χ0n) is 9.58. The van der Waals surface area contributed by atoms with Gasteiger partial charge in [0, 0.05) is 16.7 Å². The summed E-state index contributed by atoms with van der Waals surface area (Å²) in [5.41, 5.74) is 7.00. The molecule has 1 heterocycles. The molecule has 0 aliphatic carbocycles. The summed E-state index contributed by atoms with van der Waals surface area (Å²) < 4.78 is 27.6. The van der Waals surface area contributed by atoms with Crippen LogP contribution >= 0.6 is 0 Å². The van der Waals surface area contributed by atoms with Crippen LogP contribution in [0.5, 0.6) is 0 Å². The number of methoxy groups -OCH3 is 1. The highest BCUT2D eigenvalue weighted by Crippen LogP contribution is 2.32. The number of hydrogen-bond acceptors (Lipinski definition) is 5. The van der Waals surface area contributed by atoms with Crippen LogP contribution in [0.15, 0.2) is 40.7 Å². The van der Waals surface area contributed by atoms with Crippen molar-refractivity contribution in [3.63, 3.8) is 0 Å². The van der Waals surface area contributed by atoms with Crippen molar-refractivity contribution in [3.8, 4) is 0 Å². The molecule has 1 aromatic carbocycles. The first-order valence-electron chi connectivity index (χ1n) is 5.06. The van der Waals surface area contributed by atoms with Crippen LogP contribution in [0, 0.1) is 0 Å².